The van der Waals surface area contributed by atoms with Crippen molar-refractivity contribution in [3.8, 4) is 0 Å². The summed E-state index contributed by atoms with van der Waals surface area (Å²) in [6, 6.07) is 12.0. The molecule has 1 amide bonds. The molecule has 20 heavy (non-hydrogen) atoms. The van der Waals surface area contributed by atoms with Crippen molar-refractivity contribution in [1.82, 2.24) is 5.32 Å². The highest BCUT2D eigenvalue weighted by molar-refractivity contribution is 9.10. The van der Waals surface area contributed by atoms with Gasteiger partial charge >= 0.3 is 0 Å². The van der Waals surface area contributed by atoms with Gasteiger partial charge in [-0.05, 0) is 43.2 Å². The third-order valence-electron chi connectivity index (χ3n) is 3.15. The van der Waals surface area contributed by atoms with Crippen molar-refractivity contribution in [1.29, 1.82) is 0 Å². The van der Waals surface area contributed by atoms with Gasteiger partial charge < -0.3 is 5.32 Å². The lowest BCUT2D eigenvalue weighted by Gasteiger charge is -2.16. The Kier molecular flexibility index (Phi) is 4.55. The van der Waals surface area contributed by atoms with Crippen molar-refractivity contribution >= 4 is 21.8 Å². The number of benzene rings is 2. The first-order valence-corrected chi connectivity index (χ1v) is 7.10. The summed E-state index contributed by atoms with van der Waals surface area (Å²) in [5, 5.41) is 2.86. The average molecular weight is 336 g/mol. The maximum absolute atomic E-state index is 13.5. The molecule has 0 aliphatic heterocycles. The normalized spacial score (nSPS) is 12.0. The van der Waals surface area contributed by atoms with Gasteiger partial charge in [0.2, 0.25) is 0 Å². The van der Waals surface area contributed by atoms with Crippen LogP contribution in [0.3, 0.4) is 0 Å². The van der Waals surface area contributed by atoms with Crippen molar-refractivity contribution in [2.75, 3.05) is 0 Å². The van der Waals surface area contributed by atoms with E-state index in [4.69, 9.17) is 0 Å². The topological polar surface area (TPSA) is 29.1 Å². The van der Waals surface area contributed by atoms with E-state index in [1.165, 1.54) is 6.07 Å². The third kappa shape index (κ3) is 3.25. The number of nitrogens with one attached hydrogen (secondary N) is 1. The lowest BCUT2D eigenvalue weighted by Crippen LogP contribution is -2.27. The molecule has 1 N–H and O–H groups in total. The zero-order valence-electron chi connectivity index (χ0n) is 11.3. The van der Waals surface area contributed by atoms with Crippen molar-refractivity contribution in [2.24, 2.45) is 0 Å². The summed E-state index contributed by atoms with van der Waals surface area (Å²) in [5.41, 5.74) is 1.83. The zero-order chi connectivity index (χ0) is 14.7. The summed E-state index contributed by atoms with van der Waals surface area (Å²) in [6.07, 6.45) is 0. The number of aryl methyl sites for hydroxylation is 1. The Morgan fingerprint density at radius 1 is 1.25 bits per heavy atom. The molecule has 0 aromatic heterocycles. The van der Waals surface area contributed by atoms with E-state index in [9.17, 15) is 9.18 Å². The Bertz CT molecular complexity index is 642. The van der Waals surface area contributed by atoms with Crippen molar-refractivity contribution in [3.63, 3.8) is 0 Å². The molecule has 4 heteroatoms. The van der Waals surface area contributed by atoms with Crippen LogP contribution in [0.5, 0.6) is 0 Å². The zero-order valence-corrected chi connectivity index (χ0v) is 12.9. The van der Waals surface area contributed by atoms with E-state index >= 15 is 0 Å². The summed E-state index contributed by atoms with van der Waals surface area (Å²) in [4.78, 5) is 12.1. The van der Waals surface area contributed by atoms with Crippen molar-refractivity contribution in [2.45, 2.75) is 19.9 Å². The maximum atomic E-state index is 13.5. The number of hydrogen-bond donors (Lipinski definition) is 1. The molecule has 0 fully saturated rings. The van der Waals surface area contributed by atoms with Gasteiger partial charge in [-0.1, -0.05) is 40.2 Å². The van der Waals surface area contributed by atoms with Gasteiger partial charge in [-0.15, -0.1) is 0 Å². The van der Waals surface area contributed by atoms with E-state index in [1.807, 2.05) is 31.2 Å². The van der Waals surface area contributed by atoms with Crippen LogP contribution in [-0.4, -0.2) is 5.91 Å². The first-order chi connectivity index (χ1) is 9.49. The Morgan fingerprint density at radius 3 is 2.60 bits per heavy atom. The van der Waals surface area contributed by atoms with Gasteiger partial charge in [-0.2, -0.15) is 0 Å². The molecule has 2 nitrogen and oxygen atoms in total. The van der Waals surface area contributed by atoms with Gasteiger partial charge in [0.25, 0.3) is 5.91 Å². The Balaban J connectivity index is 2.15. The maximum Gasteiger partial charge on any atom is 0.251 e. The molecule has 2 rings (SSSR count). The summed E-state index contributed by atoms with van der Waals surface area (Å²) >= 11 is 3.45. The molecule has 0 aliphatic carbocycles. The summed E-state index contributed by atoms with van der Waals surface area (Å²) in [6.45, 7) is 3.56. The number of carbonyl (C=O) groups excluding carboxylic acids is 1. The minimum Gasteiger partial charge on any atom is -0.345 e. The van der Waals surface area contributed by atoms with Crippen LogP contribution in [0.1, 0.15) is 34.5 Å². The van der Waals surface area contributed by atoms with Crippen LogP contribution in [-0.2, 0) is 0 Å². The number of hydrogen-bond acceptors (Lipinski definition) is 1. The van der Waals surface area contributed by atoms with E-state index in [0.717, 1.165) is 10.0 Å². The molecule has 104 valence electrons. The van der Waals surface area contributed by atoms with E-state index in [1.54, 1.807) is 19.1 Å². The smallest absolute Gasteiger partial charge is 0.251 e. The fourth-order valence-corrected chi connectivity index (χ4v) is 2.55. The van der Waals surface area contributed by atoms with Gasteiger partial charge in [0.15, 0.2) is 0 Å². The SMILES string of the molecule is Cc1ccc(C(=O)N[C@@H](C)c2ccccc2Br)cc1F. The van der Waals surface area contributed by atoms with E-state index < -0.39 is 0 Å². The monoisotopic (exact) mass is 335 g/mol. The Labute approximate surface area is 126 Å². The highest BCUT2D eigenvalue weighted by Gasteiger charge is 2.14. The van der Waals surface area contributed by atoms with Crippen LogP contribution in [0.15, 0.2) is 46.9 Å². The van der Waals surface area contributed by atoms with E-state index in [0.29, 0.717) is 11.1 Å². The van der Waals surface area contributed by atoms with Gasteiger partial charge in [-0.25, -0.2) is 4.39 Å². The predicted octanol–water partition coefficient (Wildman–Crippen LogP) is 4.39. The second-order valence-electron chi connectivity index (χ2n) is 4.68. The van der Waals surface area contributed by atoms with Crippen LogP contribution < -0.4 is 5.32 Å². The summed E-state index contributed by atoms with van der Waals surface area (Å²) in [5.74, 6) is -0.654. The highest BCUT2D eigenvalue weighted by Crippen LogP contribution is 2.23. The molecule has 0 bridgehead atoms. The fraction of sp³-hybridized carbons (Fsp3) is 0.188. The van der Waals surface area contributed by atoms with Crippen molar-refractivity contribution in [3.05, 3.63) is 69.4 Å². The summed E-state index contributed by atoms with van der Waals surface area (Å²) in [7, 11) is 0. The number of rotatable bonds is 3. The molecule has 0 heterocycles. The number of carbonyl (C=O) groups is 1. The molecule has 2 aromatic carbocycles. The van der Waals surface area contributed by atoms with Gasteiger partial charge in [0.05, 0.1) is 6.04 Å². The molecule has 0 radical (unpaired) electrons. The molecule has 0 aliphatic rings. The van der Waals surface area contributed by atoms with Crippen LogP contribution in [0.25, 0.3) is 0 Å². The van der Waals surface area contributed by atoms with Gasteiger partial charge in [-0.3, -0.25) is 4.79 Å². The first kappa shape index (κ1) is 14.7. The van der Waals surface area contributed by atoms with Crippen LogP contribution in [0.2, 0.25) is 0 Å². The highest BCUT2D eigenvalue weighted by atomic mass is 79.9. The molecule has 0 saturated heterocycles. The van der Waals surface area contributed by atoms with Gasteiger partial charge in [0.1, 0.15) is 5.82 Å². The lowest BCUT2D eigenvalue weighted by atomic mass is 10.1. The number of amides is 1. The molecule has 0 saturated carbocycles. The largest absolute Gasteiger partial charge is 0.345 e. The average Bonchev–Trinajstić information content (AvgIpc) is 2.42. The molecule has 0 unspecified atom stereocenters. The third-order valence-corrected chi connectivity index (χ3v) is 3.88. The Hall–Kier alpha value is -1.68. The van der Waals surface area contributed by atoms with E-state index in [2.05, 4.69) is 21.2 Å². The predicted molar refractivity (Wildman–Crippen MR) is 81.2 cm³/mol. The quantitative estimate of drug-likeness (QED) is 0.885. The molecule has 0 spiro atoms. The molecule has 1 atom stereocenters. The lowest BCUT2D eigenvalue weighted by molar-refractivity contribution is 0.0939. The van der Waals surface area contributed by atoms with Crippen LogP contribution in [0, 0.1) is 12.7 Å². The summed E-state index contributed by atoms with van der Waals surface area (Å²) < 4.78 is 14.4. The molecular formula is C16H15BrFNO. The minimum atomic E-state index is -0.369. The van der Waals surface area contributed by atoms with Crippen molar-refractivity contribution < 1.29 is 9.18 Å². The first-order valence-electron chi connectivity index (χ1n) is 6.30. The van der Waals surface area contributed by atoms with Gasteiger partial charge in [0, 0.05) is 10.0 Å². The van der Waals surface area contributed by atoms with E-state index in [-0.39, 0.29) is 17.8 Å². The standard InChI is InChI=1S/C16H15BrFNO/c1-10-7-8-12(9-15(10)18)16(20)19-11(2)13-5-3-4-6-14(13)17/h3-9,11H,1-2H3,(H,19,20)/t11-/m0/s1. The fourth-order valence-electron chi connectivity index (χ4n) is 1.92. The minimum absolute atomic E-state index is 0.164. The van der Waals surface area contributed by atoms with Crippen LogP contribution in [0.4, 0.5) is 4.39 Å². The number of halogens is 2. The second-order valence-corrected chi connectivity index (χ2v) is 5.53. The Morgan fingerprint density at radius 2 is 1.95 bits per heavy atom. The molecular weight excluding hydrogens is 321 g/mol. The second kappa shape index (κ2) is 6.18. The van der Waals surface area contributed by atoms with Crippen LogP contribution >= 0.6 is 15.9 Å². The molecule has 2 aromatic rings.